The monoisotopic (exact) mass is 384 g/mol. The van der Waals surface area contributed by atoms with Gasteiger partial charge in [-0.3, -0.25) is 4.79 Å². The van der Waals surface area contributed by atoms with Crippen molar-refractivity contribution in [3.05, 3.63) is 69.5 Å². The largest absolute Gasteiger partial charge is 0.492 e. The zero-order chi connectivity index (χ0) is 17.9. The third kappa shape index (κ3) is 3.74. The van der Waals surface area contributed by atoms with Crippen LogP contribution in [0.2, 0.25) is 5.02 Å². The number of carbonyl (C=O) groups is 1. The van der Waals surface area contributed by atoms with Crippen LogP contribution in [0.4, 0.5) is 0 Å². The molecule has 132 valence electrons. The molecular formula is C20H17ClN2O2S. The lowest BCUT2D eigenvalue weighted by molar-refractivity contribution is -0.126. The SMILES string of the molecule is O=C(NCc1nc(-c2ccccc2)cs1)C1COc2ccc(Cl)cc2C1. The van der Waals surface area contributed by atoms with Crippen LogP contribution in [0.5, 0.6) is 5.75 Å². The fourth-order valence-electron chi connectivity index (χ4n) is 2.97. The Morgan fingerprint density at radius 3 is 2.96 bits per heavy atom. The summed E-state index contributed by atoms with van der Waals surface area (Å²) >= 11 is 7.58. The Kier molecular flexibility index (Phi) is 4.91. The van der Waals surface area contributed by atoms with Crippen LogP contribution in [0.3, 0.4) is 0 Å². The van der Waals surface area contributed by atoms with Crippen LogP contribution in [0.15, 0.2) is 53.9 Å². The number of rotatable bonds is 4. The van der Waals surface area contributed by atoms with Crippen molar-refractivity contribution < 1.29 is 9.53 Å². The van der Waals surface area contributed by atoms with E-state index in [4.69, 9.17) is 16.3 Å². The number of nitrogens with zero attached hydrogens (tertiary/aromatic N) is 1. The molecular weight excluding hydrogens is 368 g/mol. The molecule has 4 rings (SSSR count). The maximum absolute atomic E-state index is 12.5. The molecule has 0 aliphatic carbocycles. The summed E-state index contributed by atoms with van der Waals surface area (Å²) < 4.78 is 5.69. The lowest BCUT2D eigenvalue weighted by Gasteiger charge is -2.24. The summed E-state index contributed by atoms with van der Waals surface area (Å²) in [5.41, 5.74) is 2.99. The minimum Gasteiger partial charge on any atom is -0.492 e. The van der Waals surface area contributed by atoms with Crippen LogP contribution in [0.1, 0.15) is 10.6 Å². The van der Waals surface area contributed by atoms with Gasteiger partial charge in [0.05, 0.1) is 18.2 Å². The Hall–Kier alpha value is -2.37. The summed E-state index contributed by atoms with van der Waals surface area (Å²) in [5, 5.41) is 6.53. The van der Waals surface area contributed by atoms with Crippen LogP contribution in [0.25, 0.3) is 11.3 Å². The number of hydrogen-bond donors (Lipinski definition) is 1. The zero-order valence-corrected chi connectivity index (χ0v) is 15.5. The van der Waals surface area contributed by atoms with E-state index >= 15 is 0 Å². The fraction of sp³-hybridized carbons (Fsp3) is 0.200. The van der Waals surface area contributed by atoms with E-state index in [1.54, 1.807) is 17.4 Å². The van der Waals surface area contributed by atoms with Gasteiger partial charge in [0, 0.05) is 16.0 Å². The van der Waals surface area contributed by atoms with Gasteiger partial charge < -0.3 is 10.1 Å². The van der Waals surface area contributed by atoms with Gasteiger partial charge in [0.2, 0.25) is 5.91 Å². The quantitative estimate of drug-likeness (QED) is 0.728. The number of amides is 1. The first kappa shape index (κ1) is 17.1. The summed E-state index contributed by atoms with van der Waals surface area (Å²) in [6.45, 7) is 0.808. The second-order valence-corrected chi connectivity index (χ2v) is 7.55. The van der Waals surface area contributed by atoms with Gasteiger partial charge in [-0.25, -0.2) is 4.98 Å². The standard InChI is InChI=1S/C20H17ClN2O2S/c21-16-6-7-18-14(9-16)8-15(11-25-18)20(24)22-10-19-23-17(12-26-19)13-4-2-1-3-5-13/h1-7,9,12,15H,8,10-11H2,(H,22,24). The van der Waals surface area contributed by atoms with Crippen LogP contribution in [-0.4, -0.2) is 17.5 Å². The number of nitrogens with one attached hydrogen (secondary N) is 1. The topological polar surface area (TPSA) is 51.2 Å². The molecule has 1 aliphatic heterocycles. The van der Waals surface area contributed by atoms with Crippen molar-refractivity contribution in [1.82, 2.24) is 10.3 Å². The van der Waals surface area contributed by atoms with Crippen LogP contribution in [0, 0.1) is 5.92 Å². The van der Waals surface area contributed by atoms with E-state index in [1.165, 1.54) is 0 Å². The minimum absolute atomic E-state index is 0.0212. The maximum Gasteiger partial charge on any atom is 0.227 e. The third-order valence-electron chi connectivity index (χ3n) is 4.33. The predicted molar refractivity (Wildman–Crippen MR) is 104 cm³/mol. The summed E-state index contributed by atoms with van der Waals surface area (Å²) in [5.74, 6) is 0.576. The summed E-state index contributed by atoms with van der Waals surface area (Å²) in [7, 11) is 0. The van der Waals surface area contributed by atoms with E-state index in [9.17, 15) is 4.79 Å². The molecule has 26 heavy (non-hydrogen) atoms. The molecule has 1 unspecified atom stereocenters. The molecule has 3 aromatic rings. The highest BCUT2D eigenvalue weighted by molar-refractivity contribution is 7.09. The number of benzene rings is 2. The summed E-state index contributed by atoms with van der Waals surface area (Å²) in [6.07, 6.45) is 0.634. The average molecular weight is 385 g/mol. The average Bonchev–Trinajstić information content (AvgIpc) is 3.15. The van der Waals surface area contributed by atoms with E-state index in [1.807, 2.05) is 47.8 Å². The first-order valence-electron chi connectivity index (χ1n) is 8.38. The summed E-state index contributed by atoms with van der Waals surface area (Å²) in [6, 6.07) is 15.5. The smallest absolute Gasteiger partial charge is 0.227 e. The van der Waals surface area contributed by atoms with Gasteiger partial charge in [-0.05, 0) is 30.2 Å². The molecule has 2 aromatic carbocycles. The highest BCUT2D eigenvalue weighted by atomic mass is 35.5. The number of hydrogen-bond acceptors (Lipinski definition) is 4. The molecule has 0 saturated carbocycles. The second kappa shape index (κ2) is 7.48. The Bertz CT molecular complexity index is 927. The molecule has 1 atom stereocenters. The summed E-state index contributed by atoms with van der Waals surface area (Å²) in [4.78, 5) is 17.1. The van der Waals surface area contributed by atoms with Crippen molar-refractivity contribution in [3.8, 4) is 17.0 Å². The van der Waals surface area contributed by atoms with Crippen molar-refractivity contribution in [2.75, 3.05) is 6.61 Å². The Labute approximate surface area is 160 Å². The molecule has 0 saturated heterocycles. The number of aromatic nitrogens is 1. The molecule has 1 N–H and O–H groups in total. The molecule has 0 fully saturated rings. The molecule has 1 aromatic heterocycles. The molecule has 0 radical (unpaired) electrons. The lowest BCUT2D eigenvalue weighted by Crippen LogP contribution is -2.37. The van der Waals surface area contributed by atoms with Gasteiger partial charge in [-0.2, -0.15) is 0 Å². The van der Waals surface area contributed by atoms with Crippen LogP contribution in [-0.2, 0) is 17.8 Å². The van der Waals surface area contributed by atoms with Crippen LogP contribution < -0.4 is 10.1 Å². The minimum atomic E-state index is -0.213. The number of halogens is 1. The van der Waals surface area contributed by atoms with Crippen molar-refractivity contribution in [1.29, 1.82) is 0 Å². The first-order valence-corrected chi connectivity index (χ1v) is 9.63. The highest BCUT2D eigenvalue weighted by Crippen LogP contribution is 2.30. The van der Waals surface area contributed by atoms with E-state index in [2.05, 4.69) is 10.3 Å². The van der Waals surface area contributed by atoms with Gasteiger partial charge in [-0.15, -0.1) is 11.3 Å². The maximum atomic E-state index is 12.5. The predicted octanol–water partition coefficient (Wildman–Crippen LogP) is 4.33. The van der Waals surface area contributed by atoms with E-state index in [-0.39, 0.29) is 11.8 Å². The number of ether oxygens (including phenoxy) is 1. The van der Waals surface area contributed by atoms with Crippen molar-refractivity contribution in [2.24, 2.45) is 5.92 Å². The van der Waals surface area contributed by atoms with Gasteiger partial charge in [-0.1, -0.05) is 41.9 Å². The molecule has 6 heteroatoms. The number of thiazole rings is 1. The van der Waals surface area contributed by atoms with E-state index < -0.39 is 0 Å². The van der Waals surface area contributed by atoms with Crippen molar-refractivity contribution in [2.45, 2.75) is 13.0 Å². The molecule has 0 bridgehead atoms. The third-order valence-corrected chi connectivity index (χ3v) is 5.42. The van der Waals surface area contributed by atoms with Gasteiger partial charge in [0.25, 0.3) is 0 Å². The van der Waals surface area contributed by atoms with E-state index in [0.29, 0.717) is 24.6 Å². The Morgan fingerprint density at radius 2 is 2.12 bits per heavy atom. The van der Waals surface area contributed by atoms with Crippen molar-refractivity contribution in [3.63, 3.8) is 0 Å². The molecule has 0 spiro atoms. The van der Waals surface area contributed by atoms with E-state index in [0.717, 1.165) is 27.6 Å². The molecule has 1 amide bonds. The van der Waals surface area contributed by atoms with Gasteiger partial charge in [0.1, 0.15) is 17.4 Å². The van der Waals surface area contributed by atoms with Gasteiger partial charge in [0.15, 0.2) is 0 Å². The number of carbonyl (C=O) groups excluding carboxylic acids is 1. The van der Waals surface area contributed by atoms with Crippen molar-refractivity contribution >= 4 is 28.8 Å². The first-order chi connectivity index (χ1) is 12.7. The molecule has 2 heterocycles. The number of fused-ring (bicyclic) bond motifs is 1. The Morgan fingerprint density at radius 1 is 1.27 bits per heavy atom. The lowest BCUT2D eigenvalue weighted by atomic mass is 9.96. The highest BCUT2D eigenvalue weighted by Gasteiger charge is 2.26. The van der Waals surface area contributed by atoms with Crippen LogP contribution >= 0.6 is 22.9 Å². The normalized spacial score (nSPS) is 15.8. The Balaban J connectivity index is 1.37. The second-order valence-electron chi connectivity index (χ2n) is 6.17. The molecule has 1 aliphatic rings. The fourth-order valence-corrected chi connectivity index (χ4v) is 3.91. The molecule has 4 nitrogen and oxygen atoms in total. The van der Waals surface area contributed by atoms with Gasteiger partial charge >= 0.3 is 0 Å². The zero-order valence-electron chi connectivity index (χ0n) is 13.9.